The van der Waals surface area contributed by atoms with Crippen molar-refractivity contribution in [3.8, 4) is 0 Å². The number of aryl methyl sites for hydroxylation is 2. The summed E-state index contributed by atoms with van der Waals surface area (Å²) >= 11 is 0. The predicted molar refractivity (Wildman–Crippen MR) is 90.8 cm³/mol. The van der Waals surface area contributed by atoms with E-state index in [1.54, 1.807) is 0 Å². The molecular weight excluding hydrogens is 260 g/mol. The molecule has 3 nitrogen and oxygen atoms in total. The first-order valence-electron chi connectivity index (χ1n) is 7.74. The van der Waals surface area contributed by atoms with E-state index in [-0.39, 0.29) is 19.4 Å². The molecule has 1 atom stereocenters. The summed E-state index contributed by atoms with van der Waals surface area (Å²) in [5, 5.41) is 3.16. The van der Waals surface area contributed by atoms with Gasteiger partial charge in [-0.15, -0.1) is 0 Å². The van der Waals surface area contributed by atoms with Crippen molar-refractivity contribution < 1.29 is 4.79 Å². The summed E-state index contributed by atoms with van der Waals surface area (Å²) in [6.07, 6.45) is 4.46. The van der Waals surface area contributed by atoms with Crippen molar-refractivity contribution in [1.29, 1.82) is 0 Å². The Morgan fingerprint density at radius 1 is 1.29 bits per heavy atom. The molecule has 1 fully saturated rings. The van der Waals surface area contributed by atoms with Crippen LogP contribution in [0.4, 0.5) is 5.69 Å². The number of nitrogens with one attached hydrogen (secondary N) is 1. The van der Waals surface area contributed by atoms with Gasteiger partial charge in [0.1, 0.15) is 0 Å². The Hall–Kier alpha value is -1.35. The molecule has 1 N–H and O–H groups in total. The first-order valence-corrected chi connectivity index (χ1v) is 7.74. The molecule has 1 heterocycles. The molecule has 0 radical (unpaired) electrons. The zero-order chi connectivity index (χ0) is 14.5. The average Bonchev–Trinajstić information content (AvgIpc) is 2.44. The Balaban J connectivity index is 0.00000220. The summed E-state index contributed by atoms with van der Waals surface area (Å²) in [5.41, 5.74) is 3.26. The van der Waals surface area contributed by atoms with Crippen molar-refractivity contribution in [3.05, 3.63) is 29.3 Å². The van der Waals surface area contributed by atoms with Gasteiger partial charge in [0.25, 0.3) is 0 Å². The van der Waals surface area contributed by atoms with Crippen molar-refractivity contribution in [2.75, 3.05) is 18.4 Å². The number of amides is 1. The molecule has 0 unspecified atom stereocenters. The van der Waals surface area contributed by atoms with Crippen molar-refractivity contribution in [3.63, 3.8) is 0 Å². The van der Waals surface area contributed by atoms with Crippen LogP contribution in [-0.2, 0) is 4.79 Å². The number of piperidine rings is 1. The number of nitrogens with zero attached hydrogens (tertiary/aromatic N) is 1. The molecular formula is C18H30N2O. The molecule has 1 aromatic rings. The lowest BCUT2D eigenvalue weighted by Crippen LogP contribution is -2.47. The molecule has 118 valence electrons. The van der Waals surface area contributed by atoms with Gasteiger partial charge in [-0.25, -0.2) is 0 Å². The minimum Gasteiger partial charge on any atom is -0.324 e. The molecule has 1 amide bonds. The second-order valence-corrected chi connectivity index (χ2v) is 5.80. The summed E-state index contributed by atoms with van der Waals surface area (Å²) in [6.45, 7) is 8.35. The number of para-hydroxylation sites is 1. The predicted octanol–water partition coefficient (Wildman–Crippen LogP) is 4.14. The fourth-order valence-corrected chi connectivity index (χ4v) is 3.06. The SMILES string of the molecule is C.CCCN1CCCC[C@H]1C(=O)Nc1c(C)cccc1C. The van der Waals surface area contributed by atoms with E-state index in [9.17, 15) is 4.79 Å². The molecule has 0 bridgehead atoms. The second-order valence-electron chi connectivity index (χ2n) is 5.80. The van der Waals surface area contributed by atoms with E-state index in [0.717, 1.165) is 49.2 Å². The van der Waals surface area contributed by atoms with E-state index in [0.29, 0.717) is 0 Å². The molecule has 0 saturated carbocycles. The van der Waals surface area contributed by atoms with Crippen molar-refractivity contribution in [2.45, 2.75) is 59.9 Å². The lowest BCUT2D eigenvalue weighted by Gasteiger charge is -2.34. The second kappa shape index (κ2) is 8.18. The summed E-state index contributed by atoms with van der Waals surface area (Å²) in [4.78, 5) is 14.9. The van der Waals surface area contributed by atoms with Gasteiger partial charge < -0.3 is 5.32 Å². The van der Waals surface area contributed by atoms with Crippen LogP contribution in [0.5, 0.6) is 0 Å². The molecule has 3 heteroatoms. The standard InChI is InChI=1S/C17H26N2O.CH4/c1-4-11-19-12-6-5-10-15(19)17(20)18-16-13(2)8-7-9-14(16)3;/h7-9,15H,4-6,10-12H2,1-3H3,(H,18,20);1H4/t15-;/m0./s1. The van der Waals surface area contributed by atoms with Crippen LogP contribution in [0, 0.1) is 13.8 Å². The maximum absolute atomic E-state index is 12.6. The number of carbonyl (C=O) groups is 1. The largest absolute Gasteiger partial charge is 0.324 e. The Labute approximate surface area is 129 Å². The van der Waals surface area contributed by atoms with E-state index < -0.39 is 0 Å². The van der Waals surface area contributed by atoms with Crippen LogP contribution >= 0.6 is 0 Å². The molecule has 0 spiro atoms. The quantitative estimate of drug-likeness (QED) is 0.903. The summed E-state index contributed by atoms with van der Waals surface area (Å²) in [5.74, 6) is 0.163. The number of benzene rings is 1. The average molecular weight is 290 g/mol. The Bertz CT molecular complexity index is 448. The summed E-state index contributed by atoms with van der Waals surface area (Å²) < 4.78 is 0. The fraction of sp³-hybridized carbons (Fsp3) is 0.611. The van der Waals surface area contributed by atoms with Crippen LogP contribution in [0.2, 0.25) is 0 Å². The van der Waals surface area contributed by atoms with Crippen LogP contribution in [0.3, 0.4) is 0 Å². The number of carbonyl (C=O) groups excluding carboxylic acids is 1. The zero-order valence-corrected chi connectivity index (χ0v) is 12.9. The van der Waals surface area contributed by atoms with Crippen molar-refractivity contribution in [1.82, 2.24) is 4.90 Å². The molecule has 1 saturated heterocycles. The van der Waals surface area contributed by atoms with Crippen LogP contribution in [-0.4, -0.2) is 29.9 Å². The molecule has 0 aromatic heterocycles. The van der Waals surface area contributed by atoms with Crippen molar-refractivity contribution >= 4 is 11.6 Å². The number of hydrogen-bond acceptors (Lipinski definition) is 2. The first kappa shape index (κ1) is 17.7. The molecule has 0 aliphatic carbocycles. The maximum Gasteiger partial charge on any atom is 0.241 e. The molecule has 2 rings (SSSR count). The smallest absolute Gasteiger partial charge is 0.241 e. The Morgan fingerprint density at radius 3 is 2.57 bits per heavy atom. The number of likely N-dealkylation sites (tertiary alicyclic amines) is 1. The summed E-state index contributed by atoms with van der Waals surface area (Å²) in [6, 6.07) is 6.17. The minimum absolute atomic E-state index is 0. The first-order chi connectivity index (χ1) is 9.63. The highest BCUT2D eigenvalue weighted by atomic mass is 16.2. The van der Waals surface area contributed by atoms with Crippen LogP contribution in [0.25, 0.3) is 0 Å². The highest BCUT2D eigenvalue weighted by molar-refractivity contribution is 5.96. The van der Waals surface area contributed by atoms with E-state index in [2.05, 4.69) is 17.1 Å². The highest BCUT2D eigenvalue weighted by Crippen LogP contribution is 2.23. The van der Waals surface area contributed by atoms with E-state index in [4.69, 9.17) is 0 Å². The van der Waals surface area contributed by atoms with Crippen LogP contribution in [0.15, 0.2) is 18.2 Å². The van der Waals surface area contributed by atoms with Gasteiger partial charge >= 0.3 is 0 Å². The monoisotopic (exact) mass is 290 g/mol. The van der Waals surface area contributed by atoms with Gasteiger partial charge in [0, 0.05) is 5.69 Å². The van der Waals surface area contributed by atoms with Gasteiger partial charge in [-0.1, -0.05) is 39.0 Å². The Morgan fingerprint density at radius 2 is 1.95 bits per heavy atom. The van der Waals surface area contributed by atoms with Gasteiger partial charge in [0.15, 0.2) is 0 Å². The molecule has 21 heavy (non-hydrogen) atoms. The van der Waals surface area contributed by atoms with E-state index in [1.807, 2.05) is 32.0 Å². The van der Waals surface area contributed by atoms with Gasteiger partial charge in [0.2, 0.25) is 5.91 Å². The number of hydrogen-bond donors (Lipinski definition) is 1. The topological polar surface area (TPSA) is 32.3 Å². The summed E-state index contributed by atoms with van der Waals surface area (Å²) in [7, 11) is 0. The van der Waals surface area contributed by atoms with E-state index >= 15 is 0 Å². The Kier molecular flexibility index (Phi) is 6.90. The van der Waals surface area contributed by atoms with Crippen molar-refractivity contribution in [2.24, 2.45) is 0 Å². The molecule has 1 aromatic carbocycles. The molecule has 1 aliphatic rings. The number of anilines is 1. The molecule has 1 aliphatic heterocycles. The lowest BCUT2D eigenvalue weighted by molar-refractivity contribution is -0.122. The minimum atomic E-state index is 0. The third kappa shape index (κ3) is 4.31. The normalized spacial score (nSPS) is 18.9. The van der Waals surface area contributed by atoms with Gasteiger partial charge in [-0.3, -0.25) is 9.69 Å². The van der Waals surface area contributed by atoms with Gasteiger partial charge in [-0.05, 0) is 57.3 Å². The van der Waals surface area contributed by atoms with Crippen LogP contribution < -0.4 is 5.32 Å². The van der Waals surface area contributed by atoms with Crippen LogP contribution in [0.1, 0.15) is 51.2 Å². The van der Waals surface area contributed by atoms with E-state index in [1.165, 1.54) is 6.42 Å². The lowest BCUT2D eigenvalue weighted by atomic mass is 10.0. The van der Waals surface area contributed by atoms with Gasteiger partial charge in [-0.2, -0.15) is 0 Å². The fourth-order valence-electron chi connectivity index (χ4n) is 3.06. The zero-order valence-electron chi connectivity index (χ0n) is 12.9. The van der Waals surface area contributed by atoms with Gasteiger partial charge in [0.05, 0.1) is 6.04 Å². The maximum atomic E-state index is 12.6. The third-order valence-corrected chi connectivity index (χ3v) is 4.16. The number of rotatable bonds is 4. The third-order valence-electron chi connectivity index (χ3n) is 4.16. The highest BCUT2D eigenvalue weighted by Gasteiger charge is 2.28.